The van der Waals surface area contributed by atoms with Crippen molar-refractivity contribution in [2.45, 2.75) is 69.5 Å². The van der Waals surface area contributed by atoms with Crippen LogP contribution in [0.1, 0.15) is 62.6 Å². The summed E-state index contributed by atoms with van der Waals surface area (Å²) in [4.78, 5) is 43.7. The first-order valence-corrected chi connectivity index (χ1v) is 14.0. The number of aromatic hydroxyl groups is 1. The van der Waals surface area contributed by atoms with Crippen molar-refractivity contribution in [1.82, 2.24) is 19.4 Å². The summed E-state index contributed by atoms with van der Waals surface area (Å²) in [7, 11) is 0. The van der Waals surface area contributed by atoms with Crippen LogP contribution in [0.2, 0.25) is 0 Å². The molecule has 3 heterocycles. The molecule has 37 heavy (non-hydrogen) atoms. The minimum absolute atomic E-state index is 0.0270. The van der Waals surface area contributed by atoms with Gasteiger partial charge >= 0.3 is 5.69 Å². The van der Waals surface area contributed by atoms with Crippen LogP contribution in [0, 0.1) is 5.82 Å². The summed E-state index contributed by atoms with van der Waals surface area (Å²) >= 11 is 1.84. The highest BCUT2D eigenvalue weighted by Crippen LogP contribution is 2.30. The summed E-state index contributed by atoms with van der Waals surface area (Å²) in [5.41, 5.74) is 0.296. The highest BCUT2D eigenvalue weighted by atomic mass is 32.2. The van der Waals surface area contributed by atoms with E-state index in [0.29, 0.717) is 38.5 Å². The maximum absolute atomic E-state index is 14.1. The number of carbonyl (C=O) groups excluding carboxylic acids is 1. The van der Waals surface area contributed by atoms with Crippen molar-refractivity contribution >= 4 is 28.7 Å². The van der Waals surface area contributed by atoms with Crippen LogP contribution in [0.15, 0.2) is 46.1 Å². The monoisotopic (exact) mass is 526 g/mol. The number of benzene rings is 1. The summed E-state index contributed by atoms with van der Waals surface area (Å²) in [6.45, 7) is 0. The molecule has 5 rings (SSSR count). The number of fused-ring (bicyclic) bond motifs is 1. The highest BCUT2D eigenvalue weighted by molar-refractivity contribution is 7.99. The zero-order valence-electron chi connectivity index (χ0n) is 20.6. The molecule has 1 saturated heterocycles. The molecule has 1 saturated carbocycles. The molecule has 0 bridgehead atoms. The number of nitrogens with zero attached hydrogens (tertiary/aromatic N) is 3. The van der Waals surface area contributed by atoms with Gasteiger partial charge in [-0.2, -0.15) is 11.8 Å². The van der Waals surface area contributed by atoms with Crippen LogP contribution in [0.5, 0.6) is 5.75 Å². The lowest BCUT2D eigenvalue weighted by Crippen LogP contribution is -2.46. The Morgan fingerprint density at radius 2 is 1.78 bits per heavy atom. The maximum Gasteiger partial charge on any atom is 0.333 e. The van der Waals surface area contributed by atoms with Gasteiger partial charge in [0.1, 0.15) is 17.2 Å². The minimum Gasteiger partial charge on any atom is -0.508 e. The van der Waals surface area contributed by atoms with E-state index in [1.165, 1.54) is 10.6 Å². The molecular weight excluding hydrogens is 495 g/mol. The van der Waals surface area contributed by atoms with E-state index in [-0.39, 0.29) is 46.5 Å². The van der Waals surface area contributed by atoms with Crippen LogP contribution in [0.25, 0.3) is 11.0 Å². The number of hydrogen-bond acceptors (Lipinski definition) is 6. The van der Waals surface area contributed by atoms with Crippen LogP contribution < -0.4 is 16.6 Å². The lowest BCUT2D eigenvalue weighted by Gasteiger charge is -2.31. The number of amides is 1. The van der Waals surface area contributed by atoms with Crippen molar-refractivity contribution in [3.05, 3.63) is 68.7 Å². The van der Waals surface area contributed by atoms with Gasteiger partial charge in [-0.15, -0.1) is 0 Å². The molecule has 196 valence electrons. The number of halogens is 1. The first-order valence-electron chi connectivity index (χ1n) is 12.9. The minimum atomic E-state index is -0.599. The second kappa shape index (κ2) is 11.1. The van der Waals surface area contributed by atoms with Crippen LogP contribution in [-0.2, 0) is 11.2 Å². The fourth-order valence-electron chi connectivity index (χ4n) is 5.55. The van der Waals surface area contributed by atoms with E-state index in [9.17, 15) is 23.9 Å². The number of carbonyl (C=O) groups is 1. The van der Waals surface area contributed by atoms with Crippen LogP contribution in [-0.4, -0.2) is 42.7 Å². The van der Waals surface area contributed by atoms with E-state index in [1.54, 1.807) is 22.8 Å². The zero-order valence-corrected chi connectivity index (χ0v) is 21.4. The van der Waals surface area contributed by atoms with Gasteiger partial charge in [-0.25, -0.2) is 14.2 Å². The molecule has 1 aliphatic heterocycles. The Morgan fingerprint density at radius 1 is 1.05 bits per heavy atom. The average molecular weight is 527 g/mol. The second-order valence-corrected chi connectivity index (χ2v) is 11.2. The molecule has 3 aromatic rings. The topological polar surface area (TPSA) is 106 Å². The van der Waals surface area contributed by atoms with Gasteiger partial charge in [0.05, 0.1) is 11.6 Å². The number of hydrogen-bond donors (Lipinski definition) is 2. The number of nitrogens with one attached hydrogen (secondary N) is 1. The normalized spacial score (nSPS) is 20.7. The van der Waals surface area contributed by atoms with Gasteiger partial charge in [0.2, 0.25) is 5.91 Å². The second-order valence-electron chi connectivity index (χ2n) is 9.94. The van der Waals surface area contributed by atoms with E-state index in [2.05, 4.69) is 10.3 Å². The van der Waals surface area contributed by atoms with Gasteiger partial charge in [0.15, 0.2) is 0 Å². The molecule has 0 atom stereocenters. The molecule has 1 amide bonds. The lowest BCUT2D eigenvalue weighted by atomic mass is 9.90. The predicted octanol–water partition coefficient (Wildman–Crippen LogP) is 3.70. The molecule has 2 fully saturated rings. The first kappa shape index (κ1) is 25.5. The molecule has 8 nitrogen and oxygen atoms in total. The number of phenolic OH excluding ortho intramolecular Hbond substituents is 1. The molecule has 10 heteroatoms. The fraction of sp³-hybridized carbons (Fsp3) is 0.481. The zero-order chi connectivity index (χ0) is 25.9. The summed E-state index contributed by atoms with van der Waals surface area (Å²) < 4.78 is 17.0. The molecule has 2 aromatic heterocycles. The molecular formula is C27H31FN4O4S. The third-order valence-electron chi connectivity index (χ3n) is 7.46. The molecule has 2 aliphatic rings. The molecule has 0 spiro atoms. The van der Waals surface area contributed by atoms with Crippen molar-refractivity contribution in [3.8, 4) is 5.75 Å². The summed E-state index contributed by atoms with van der Waals surface area (Å²) in [6.07, 6.45) is 5.96. The van der Waals surface area contributed by atoms with Gasteiger partial charge in [-0.1, -0.05) is 12.1 Å². The van der Waals surface area contributed by atoms with E-state index in [0.717, 1.165) is 36.1 Å². The van der Waals surface area contributed by atoms with Crippen LogP contribution in [0.3, 0.4) is 0 Å². The van der Waals surface area contributed by atoms with Gasteiger partial charge < -0.3 is 10.4 Å². The molecule has 1 aliphatic carbocycles. The third-order valence-corrected chi connectivity index (χ3v) is 8.51. The Hall–Kier alpha value is -3.14. The largest absolute Gasteiger partial charge is 0.508 e. The number of thioether (sulfide) groups is 1. The van der Waals surface area contributed by atoms with Crippen molar-refractivity contribution in [3.63, 3.8) is 0 Å². The summed E-state index contributed by atoms with van der Waals surface area (Å²) in [5.74, 6) is 1.37. The van der Waals surface area contributed by atoms with Crippen molar-refractivity contribution in [2.75, 3.05) is 11.5 Å². The average Bonchev–Trinajstić information content (AvgIpc) is 2.90. The van der Waals surface area contributed by atoms with Gasteiger partial charge in [-0.05, 0) is 80.2 Å². The molecule has 0 unspecified atom stereocenters. The standard InChI is InChI=1S/C27H31FN4O4S/c28-18-15-23-25(29-16-18)31(21-10-12-37-13-11-21)27(36)32(26(23)35)20-7-5-19(6-8-20)30-24(34)9-4-17-2-1-3-22(33)14-17/h1-3,14-16,19-21,33H,4-13H2,(H,30,34)/t19-,20+. The van der Waals surface area contributed by atoms with Gasteiger partial charge in [0.25, 0.3) is 5.56 Å². The quantitative estimate of drug-likeness (QED) is 0.507. The number of phenols is 1. The van der Waals surface area contributed by atoms with E-state index in [4.69, 9.17) is 0 Å². The molecule has 0 radical (unpaired) electrons. The van der Waals surface area contributed by atoms with E-state index < -0.39 is 11.4 Å². The predicted molar refractivity (Wildman–Crippen MR) is 142 cm³/mol. The van der Waals surface area contributed by atoms with Crippen LogP contribution >= 0.6 is 11.8 Å². The Labute approximate surface area is 217 Å². The van der Waals surface area contributed by atoms with Crippen molar-refractivity contribution < 1.29 is 14.3 Å². The Balaban J connectivity index is 1.31. The molecule has 1 aromatic carbocycles. The third kappa shape index (κ3) is 5.58. The summed E-state index contributed by atoms with van der Waals surface area (Å²) in [6, 6.07) is 7.66. The Morgan fingerprint density at radius 3 is 2.51 bits per heavy atom. The van der Waals surface area contributed by atoms with Crippen LogP contribution in [0.4, 0.5) is 4.39 Å². The van der Waals surface area contributed by atoms with Crippen molar-refractivity contribution in [1.29, 1.82) is 0 Å². The van der Waals surface area contributed by atoms with E-state index in [1.807, 2.05) is 17.8 Å². The Kier molecular flexibility index (Phi) is 7.64. The van der Waals surface area contributed by atoms with Crippen molar-refractivity contribution in [2.24, 2.45) is 0 Å². The number of aromatic nitrogens is 3. The van der Waals surface area contributed by atoms with Gasteiger partial charge in [-0.3, -0.25) is 18.7 Å². The van der Waals surface area contributed by atoms with Gasteiger partial charge in [0, 0.05) is 24.5 Å². The summed E-state index contributed by atoms with van der Waals surface area (Å²) in [5, 5.41) is 12.8. The SMILES string of the molecule is O=C(CCc1cccc(O)c1)N[C@H]1CC[C@@H](n2c(=O)c3cc(F)cnc3n(C3CCSCC3)c2=O)CC1. The number of aryl methyl sites for hydroxylation is 1. The first-order chi connectivity index (χ1) is 17.9. The number of rotatable bonds is 6. The smallest absolute Gasteiger partial charge is 0.333 e. The molecule has 2 N–H and O–H groups in total. The number of pyridine rings is 1. The van der Waals surface area contributed by atoms with E-state index >= 15 is 0 Å². The maximum atomic E-state index is 14.1. The highest BCUT2D eigenvalue weighted by Gasteiger charge is 2.29. The Bertz CT molecular complexity index is 1410. The lowest BCUT2D eigenvalue weighted by molar-refractivity contribution is -0.122. The fourth-order valence-corrected chi connectivity index (χ4v) is 6.63.